The SMILES string of the molecule is O=C([O-])c1cc2c3nc4nc(nc5[n-]c(nc6nc(nc([n-]3)c2c(C(=O)[O-])c1C(=O)[O-])-c1ccccc1-6)c1ccccc51)-c1ccccc1-4.O=C([O-])c1cc2c3nc4nc(nc5[n-]c(nc6nc(nc([n-]3)c2c(C(=O)[O-])c1C(=O)[O-])-c1ccccc1-6)c1ccccc51)-c1ccccc1-4.[Cu+2].[Cu+2].[Cu+2].[Na+].[Na+].[Na+].[Na+]. The van der Waals surface area contributed by atoms with E-state index >= 15 is 0 Å². The number of fused-ring (bicyclic) bond motifs is 40. The predicted molar refractivity (Wildman–Crippen MR) is 334 cm³/mol. The van der Waals surface area contributed by atoms with Crippen LogP contribution in [0.15, 0.2) is 158 Å². The third-order valence-corrected chi connectivity index (χ3v) is 16.7. The topological polar surface area (TPSA) is 452 Å². The van der Waals surface area contributed by atoms with Crippen LogP contribution in [-0.4, -0.2) is 95.6 Å². The van der Waals surface area contributed by atoms with Gasteiger partial charge in [0, 0.05) is 134 Å². The smallest absolute Gasteiger partial charge is 0.545 e. The number of hydrogen-bond donors (Lipinski definition) is 0. The van der Waals surface area contributed by atoms with E-state index in [1.807, 2.05) is 48.5 Å². The average Bonchev–Trinajstić information content (AvgIpc) is 1.61. The number of aromatic nitrogens is 16. The molecule has 0 saturated heterocycles. The van der Waals surface area contributed by atoms with E-state index in [-0.39, 0.29) is 260 Å². The fourth-order valence-electron chi connectivity index (χ4n) is 12.5. The number of benzene rings is 8. The first-order chi connectivity index (χ1) is 47.5. The number of hydrogen-bond acceptors (Lipinski definition) is 24. The largest absolute Gasteiger partial charge is 2.00 e. The molecule has 8 aromatic carbocycles. The van der Waals surface area contributed by atoms with Gasteiger partial charge < -0.3 is 119 Å². The minimum absolute atomic E-state index is 0. The standard InChI is InChI=1S/2C35H18N8O6.3Cu.4Na/c2*44-33(45)21-13-20-22(24(35(48)49)23(21)34(46)47)32-42-30-19-12-6-5-11-18(19)28(40-30)38-26-15-8-2-1-7-14(15)25(36-26)37-27-16-9-3-4-10-17(16)29(39-27)41-31(20)43-32;;;;;;;/h2*1-13H,(H5,36,37,38,39,40,41,42,43,44,45,46,47,48,49);;;;;;;/q;;3*+2;4*+1/p-10. The average molecular weight is 1570 g/mol. The quantitative estimate of drug-likeness (QED) is 0.140. The molecule has 0 unspecified atom stereocenters. The normalized spacial score (nSPS) is 11.0. The zero-order valence-corrected chi connectivity index (χ0v) is 64.8. The van der Waals surface area contributed by atoms with Gasteiger partial charge in [0.2, 0.25) is 0 Å². The van der Waals surface area contributed by atoms with E-state index in [0.717, 1.165) is 22.9 Å². The van der Waals surface area contributed by atoms with Crippen molar-refractivity contribution in [1.82, 2.24) is 79.7 Å². The summed E-state index contributed by atoms with van der Waals surface area (Å²) < 4.78 is 0. The van der Waals surface area contributed by atoms with Crippen molar-refractivity contribution in [1.29, 1.82) is 0 Å². The Morgan fingerprint density at radius 3 is 0.610 bits per heavy atom. The van der Waals surface area contributed by atoms with Gasteiger partial charge in [0.25, 0.3) is 0 Å². The molecule has 0 aliphatic carbocycles. The summed E-state index contributed by atoms with van der Waals surface area (Å²) in [5.41, 5.74) is -1.47. The van der Waals surface area contributed by atoms with Crippen LogP contribution in [0, 0.1) is 0 Å². The van der Waals surface area contributed by atoms with Crippen molar-refractivity contribution >= 4 is 124 Å². The number of carboxylic acid groups (broad SMARTS) is 6. The second-order valence-electron chi connectivity index (χ2n) is 22.2. The second-order valence-corrected chi connectivity index (χ2v) is 22.2. The summed E-state index contributed by atoms with van der Waals surface area (Å²) in [6, 6.07) is 45.0. The van der Waals surface area contributed by atoms with Gasteiger partial charge in [0.15, 0.2) is 0 Å². The van der Waals surface area contributed by atoms with E-state index in [9.17, 15) is 59.4 Å². The van der Waals surface area contributed by atoms with Gasteiger partial charge in [-0.25, -0.2) is 19.9 Å². The number of carbonyl (C=O) groups is 6. The first kappa shape index (κ1) is 78.4. The molecule has 10 heterocycles. The molecule has 16 bridgehead atoms. The van der Waals surface area contributed by atoms with E-state index in [1.54, 1.807) is 97.1 Å². The molecule has 35 heteroatoms. The molecule has 28 nitrogen and oxygen atoms in total. The van der Waals surface area contributed by atoms with Gasteiger partial charge in [-0.05, 0) is 44.5 Å². The van der Waals surface area contributed by atoms with Gasteiger partial charge >= 0.3 is 169 Å². The summed E-state index contributed by atoms with van der Waals surface area (Å²) in [5.74, 6) is -10.7. The minimum Gasteiger partial charge on any atom is -0.545 e. The molecule has 0 fully saturated rings. The first-order valence-electron chi connectivity index (χ1n) is 29.2. The van der Waals surface area contributed by atoms with E-state index in [0.29, 0.717) is 77.9 Å². The molecule has 0 N–H and O–H groups in total. The summed E-state index contributed by atoms with van der Waals surface area (Å²) in [7, 11) is 0. The second kappa shape index (κ2) is 30.7. The molecule has 0 atom stereocenters. The van der Waals surface area contributed by atoms with Gasteiger partial charge in [-0.2, -0.15) is 0 Å². The van der Waals surface area contributed by atoms with Gasteiger partial charge in [-0.3, -0.25) is 0 Å². The van der Waals surface area contributed by atoms with Crippen LogP contribution in [0.4, 0.5) is 0 Å². The third-order valence-electron chi connectivity index (χ3n) is 16.7. The van der Waals surface area contributed by atoms with E-state index in [1.165, 1.54) is 0 Å². The maximum atomic E-state index is 12.6. The van der Waals surface area contributed by atoms with Crippen molar-refractivity contribution in [2.75, 3.05) is 0 Å². The van der Waals surface area contributed by atoms with Crippen molar-refractivity contribution in [3.05, 3.63) is 191 Å². The number of carbonyl (C=O) groups excluding carboxylic acids is 6. The maximum Gasteiger partial charge on any atom is 2.00 e. The number of rotatable bonds is 6. The molecule has 0 saturated carbocycles. The van der Waals surface area contributed by atoms with Crippen molar-refractivity contribution in [3.8, 4) is 91.1 Å². The number of nitrogens with zero attached hydrogens (tertiary/aromatic N) is 16. The molecular formula is C70H26Cu3N16Na4O12. The number of aromatic carboxylic acids is 6. The van der Waals surface area contributed by atoms with Crippen LogP contribution in [0.3, 0.4) is 0 Å². The zero-order valence-electron chi connectivity index (χ0n) is 54.0. The minimum atomic E-state index is -2.08. The van der Waals surface area contributed by atoms with E-state index in [4.69, 9.17) is 29.9 Å². The van der Waals surface area contributed by atoms with Gasteiger partial charge in [-0.1, -0.05) is 146 Å². The Morgan fingerprint density at radius 1 is 0.229 bits per heavy atom. The fourth-order valence-corrected chi connectivity index (χ4v) is 12.5. The molecule has 0 spiro atoms. The summed E-state index contributed by atoms with van der Waals surface area (Å²) in [4.78, 5) is 149. The van der Waals surface area contributed by atoms with Gasteiger partial charge in [0.1, 0.15) is 0 Å². The Morgan fingerprint density at radius 2 is 0.410 bits per heavy atom. The number of carboxylic acids is 6. The summed E-state index contributed by atoms with van der Waals surface area (Å²) in [6.07, 6.45) is 0. The molecule has 4 aliphatic heterocycles. The molecule has 6 aromatic heterocycles. The molecule has 0 amide bonds. The third kappa shape index (κ3) is 13.2. The Hall–Kier alpha value is -9.14. The van der Waals surface area contributed by atoms with Crippen LogP contribution in [0.2, 0.25) is 0 Å². The Balaban J connectivity index is 0.000000211. The molecule has 14 aromatic rings. The fraction of sp³-hybridized carbons (Fsp3) is 0. The predicted octanol–water partition coefficient (Wildman–Crippen LogP) is -9.56. The Labute approximate surface area is 706 Å². The molecule has 18 rings (SSSR count). The monoisotopic (exact) mass is 1560 g/mol. The van der Waals surface area contributed by atoms with Gasteiger partial charge in [0.05, 0.1) is 82.4 Å². The summed E-state index contributed by atoms with van der Waals surface area (Å²) in [5, 5.41) is 75.8. The van der Waals surface area contributed by atoms with Crippen LogP contribution in [-0.2, 0) is 51.2 Å². The maximum absolute atomic E-state index is 12.6. The molecule has 4 aliphatic rings. The van der Waals surface area contributed by atoms with E-state index in [2.05, 4.69) is 49.8 Å². The van der Waals surface area contributed by atoms with Crippen LogP contribution in [0.25, 0.3) is 179 Å². The molecule has 3 radical (unpaired) electrons. The molecule has 495 valence electrons. The van der Waals surface area contributed by atoms with Crippen molar-refractivity contribution in [2.45, 2.75) is 0 Å². The van der Waals surface area contributed by atoms with Gasteiger partial charge in [-0.15, -0.1) is 0 Å². The summed E-state index contributed by atoms with van der Waals surface area (Å²) in [6.45, 7) is 0. The van der Waals surface area contributed by atoms with E-state index < -0.39 is 69.2 Å². The summed E-state index contributed by atoms with van der Waals surface area (Å²) >= 11 is 0. The van der Waals surface area contributed by atoms with Crippen LogP contribution >= 0.6 is 0 Å². The van der Waals surface area contributed by atoms with Crippen molar-refractivity contribution in [3.63, 3.8) is 0 Å². The molecular weight excluding hydrogens is 1540 g/mol. The Bertz CT molecular complexity index is 6110. The van der Waals surface area contributed by atoms with Crippen LogP contribution < -0.4 is 169 Å². The van der Waals surface area contributed by atoms with Crippen molar-refractivity contribution in [2.24, 2.45) is 0 Å². The van der Waals surface area contributed by atoms with Crippen molar-refractivity contribution < 1.29 is 229 Å². The molecule has 105 heavy (non-hydrogen) atoms. The van der Waals surface area contributed by atoms with Crippen LogP contribution in [0.1, 0.15) is 62.1 Å². The zero-order chi connectivity index (χ0) is 67.1. The Kier molecular flexibility index (Phi) is 23.0. The van der Waals surface area contributed by atoms with Crippen LogP contribution in [0.5, 0.6) is 0 Å². The first-order valence-corrected chi connectivity index (χ1v) is 29.2.